The van der Waals surface area contributed by atoms with E-state index < -0.39 is 0 Å². The summed E-state index contributed by atoms with van der Waals surface area (Å²) >= 11 is 0. The summed E-state index contributed by atoms with van der Waals surface area (Å²) in [5.74, 6) is -1.06. The average Bonchev–Trinajstić information content (AvgIpc) is 1.71. The molecule has 2 rings (SSSR count). The lowest BCUT2D eigenvalue weighted by Crippen LogP contribution is -2.20. The molecule has 10 atom stereocenters. The Kier molecular flexibility index (Phi) is 125. The van der Waals surface area contributed by atoms with E-state index in [4.69, 9.17) is 83.9 Å². The smallest absolute Gasteiger partial charge is 0.306 e. The number of aliphatic hydroxyl groups is 9. The van der Waals surface area contributed by atoms with Crippen LogP contribution in [-0.2, 0) is 66.7 Å². The third-order valence-corrected chi connectivity index (χ3v) is 26.3. The lowest BCUT2D eigenvalue weighted by molar-refractivity contribution is -0.152. The van der Waals surface area contributed by atoms with Gasteiger partial charge in [-0.2, -0.15) is 0 Å². The zero-order valence-electron chi connectivity index (χ0n) is 93.7. The number of esters is 6. The molecule has 0 bridgehead atoms. The second-order valence-electron chi connectivity index (χ2n) is 39.7. The van der Waals surface area contributed by atoms with Gasteiger partial charge in [0, 0.05) is 58.3 Å². The van der Waals surface area contributed by atoms with E-state index in [0.717, 1.165) is 154 Å². The molecule has 0 radical (unpaired) electrons. The molecule has 0 aromatic carbocycles. The van der Waals surface area contributed by atoms with Crippen LogP contribution in [-0.4, -0.2) is 202 Å². The second kappa shape index (κ2) is 122. The van der Waals surface area contributed by atoms with Gasteiger partial charge in [-0.05, 0) is 225 Å². The van der Waals surface area contributed by atoms with Gasteiger partial charge >= 0.3 is 35.8 Å². The number of carbonyl (C=O) groups excluding carboxylic acids is 6. The highest BCUT2D eigenvalue weighted by Crippen LogP contribution is 2.34. The SMILES string of the molecule is C.CCC(CO)OC(=O)CCCCCCC/C=C/CCCCCCO.CCC(CO)OC(=O)CCCCCCC/C=C\CCCCCCO.CCC(CO)OC(=O)CCCCCCCC1OC1CCCCCCO.CCCCCC/C=C/CCCCCCCC(=O)OC(CC)CO.CCCCCC/C=C\CCCCCCCC(=O)OC(CC)CO.CCCCCCC1OC1CCCCCCCC(=O)OC(CC)CO. The maximum absolute atomic E-state index is 11.6. The minimum Gasteiger partial charge on any atom is -0.460 e. The number of hydrogen-bond donors (Lipinski definition) is 9. The van der Waals surface area contributed by atoms with E-state index in [1.54, 1.807) is 0 Å². The van der Waals surface area contributed by atoms with Crippen molar-refractivity contribution in [3.8, 4) is 0 Å². The fourth-order valence-corrected chi connectivity index (χ4v) is 16.2. The Balaban J connectivity index is -0.000000536. The highest BCUT2D eigenvalue weighted by molar-refractivity contribution is 5.71. The number of carbonyl (C=O) groups is 6. The molecular weight excluding hydrogens is 1820 g/mol. The van der Waals surface area contributed by atoms with Crippen molar-refractivity contribution < 1.29 is 113 Å². The van der Waals surface area contributed by atoms with E-state index in [-0.39, 0.29) is 120 Å². The lowest BCUT2D eigenvalue weighted by Gasteiger charge is -2.12. The molecular formula is C121H232O23. The molecule has 144 heavy (non-hydrogen) atoms. The Bertz CT molecular complexity index is 2620. The Morgan fingerprint density at radius 1 is 0.194 bits per heavy atom. The molecule has 9 N–H and O–H groups in total. The maximum atomic E-state index is 11.6. The van der Waals surface area contributed by atoms with Gasteiger partial charge in [0.25, 0.3) is 0 Å². The van der Waals surface area contributed by atoms with Crippen molar-refractivity contribution in [2.45, 2.75) is 632 Å². The molecule has 10 unspecified atom stereocenters. The predicted octanol–water partition coefficient (Wildman–Crippen LogP) is 29.3. The first-order valence-corrected chi connectivity index (χ1v) is 59.4. The Labute approximate surface area is 883 Å². The summed E-state index contributed by atoms with van der Waals surface area (Å²) in [6.07, 6.45) is 103. The van der Waals surface area contributed by atoms with Crippen LogP contribution in [0.2, 0.25) is 0 Å². The fourth-order valence-electron chi connectivity index (χ4n) is 16.2. The van der Waals surface area contributed by atoms with E-state index in [9.17, 15) is 28.8 Å². The van der Waals surface area contributed by atoms with E-state index in [0.29, 0.717) is 121 Å². The van der Waals surface area contributed by atoms with Crippen molar-refractivity contribution >= 4 is 35.8 Å². The van der Waals surface area contributed by atoms with E-state index in [1.807, 2.05) is 41.5 Å². The predicted molar refractivity (Wildman–Crippen MR) is 595 cm³/mol. The maximum Gasteiger partial charge on any atom is 0.306 e. The third-order valence-electron chi connectivity index (χ3n) is 26.3. The Morgan fingerprint density at radius 2 is 0.326 bits per heavy atom. The first kappa shape index (κ1) is 148. The Morgan fingerprint density at radius 3 is 0.472 bits per heavy atom. The summed E-state index contributed by atoms with van der Waals surface area (Å²) in [7, 11) is 0. The molecule has 23 nitrogen and oxygen atoms in total. The number of aliphatic hydroxyl groups excluding tert-OH is 9. The zero-order chi connectivity index (χ0) is 106. The van der Waals surface area contributed by atoms with Gasteiger partial charge in [-0.15, -0.1) is 0 Å². The monoisotopic (exact) mass is 2050 g/mol. The molecule has 23 heteroatoms. The van der Waals surface area contributed by atoms with Crippen LogP contribution >= 0.6 is 0 Å². The van der Waals surface area contributed by atoms with Crippen molar-refractivity contribution in [2.75, 3.05) is 59.5 Å². The number of ether oxygens (including phenoxy) is 8. The van der Waals surface area contributed by atoms with E-state index in [1.165, 1.54) is 270 Å². The molecule has 0 amide bonds. The fraction of sp³-hybridized carbons (Fsp3) is 0.884. The van der Waals surface area contributed by atoms with Gasteiger partial charge in [0.1, 0.15) is 36.6 Å². The highest BCUT2D eigenvalue weighted by Gasteiger charge is 2.38. The van der Waals surface area contributed by atoms with Crippen LogP contribution in [0.1, 0.15) is 571 Å². The summed E-state index contributed by atoms with van der Waals surface area (Å²) < 4.78 is 42.4. The Hall–Kier alpha value is -4.66. The van der Waals surface area contributed by atoms with Crippen LogP contribution in [0.5, 0.6) is 0 Å². The van der Waals surface area contributed by atoms with Gasteiger partial charge in [-0.25, -0.2) is 0 Å². The number of epoxide rings is 2. The number of hydrogen-bond acceptors (Lipinski definition) is 23. The summed E-state index contributed by atoms with van der Waals surface area (Å²) in [5.41, 5.74) is 0. The summed E-state index contributed by atoms with van der Waals surface area (Å²) in [5, 5.41) is 80.0. The summed E-state index contributed by atoms with van der Waals surface area (Å²) in [6, 6.07) is 0. The minimum absolute atomic E-state index is 0. The lowest BCUT2D eigenvalue weighted by atomic mass is 10.0. The minimum atomic E-state index is -0.339. The zero-order valence-corrected chi connectivity index (χ0v) is 93.7. The normalized spacial score (nSPS) is 15.3. The highest BCUT2D eigenvalue weighted by atomic mass is 16.6. The molecule has 854 valence electrons. The molecule has 0 aromatic heterocycles. The number of unbranched alkanes of at least 4 members (excludes halogenated alkanes) is 50. The van der Waals surface area contributed by atoms with Gasteiger partial charge < -0.3 is 83.9 Å². The van der Waals surface area contributed by atoms with E-state index in [2.05, 4.69) is 69.4 Å². The van der Waals surface area contributed by atoms with Crippen molar-refractivity contribution in [3.05, 3.63) is 48.6 Å². The van der Waals surface area contributed by atoms with Gasteiger partial charge in [0.05, 0.1) is 64.1 Å². The average molecular weight is 2060 g/mol. The van der Waals surface area contributed by atoms with Gasteiger partial charge in [-0.3, -0.25) is 28.8 Å². The van der Waals surface area contributed by atoms with E-state index >= 15 is 0 Å². The van der Waals surface area contributed by atoms with Crippen LogP contribution in [0.4, 0.5) is 0 Å². The summed E-state index contributed by atoms with van der Waals surface area (Å²) in [4.78, 5) is 69.3. The molecule has 0 saturated carbocycles. The third kappa shape index (κ3) is 113. The van der Waals surface area contributed by atoms with Crippen molar-refractivity contribution in [1.29, 1.82) is 0 Å². The molecule has 0 aliphatic carbocycles. The molecule has 2 heterocycles. The van der Waals surface area contributed by atoms with Crippen LogP contribution in [0.3, 0.4) is 0 Å². The van der Waals surface area contributed by atoms with Gasteiger partial charge in [-0.1, -0.05) is 356 Å². The summed E-state index contributed by atoms with van der Waals surface area (Å²) in [6.45, 7) is 18.6. The van der Waals surface area contributed by atoms with Crippen LogP contribution in [0.25, 0.3) is 0 Å². The molecule has 0 aromatic rings. The largest absolute Gasteiger partial charge is 0.460 e. The van der Waals surface area contributed by atoms with Gasteiger partial charge in [0.2, 0.25) is 0 Å². The first-order chi connectivity index (χ1) is 69.9. The standard InChI is InChI=1S/C20H38O5.3C20H38O4.2C20H38O3.CH4/c1-2-17(16-22)24-20(23)14-10-5-3-4-8-12-18-19(25-18)13-9-6-7-11-15-21;1-3-5-6-10-13-18-19(24-18)14-11-8-7-9-12-15-20(22)23-17(4-2)16-21;2*1-2-19(18-22)24-20(23)16-14-12-10-8-6-4-3-5-7-9-11-13-15-17-21;2*1-3-5-6-7-8-9-10-11-12-13-14-15-16-17-20(22)23-19(4-2)18-21;/h17-19,21-22H,2-16H2,1H3;17-19,21H,3-16H2,1-2H3;2*3,5,19,21-22H,2,4,6-18H2,1H3;2*9-10,19,21H,3-8,11-18H2,1-2H3;1H4/b;;5-3+;5-3-;10-9+;10-9-;. The van der Waals surface area contributed by atoms with Crippen molar-refractivity contribution in [3.63, 3.8) is 0 Å². The van der Waals surface area contributed by atoms with Crippen molar-refractivity contribution in [1.82, 2.24) is 0 Å². The molecule has 2 fully saturated rings. The second-order valence-corrected chi connectivity index (χ2v) is 39.7. The van der Waals surface area contributed by atoms with Crippen molar-refractivity contribution in [2.24, 2.45) is 0 Å². The molecule has 2 aliphatic rings. The number of allylic oxidation sites excluding steroid dienone is 8. The number of rotatable bonds is 99. The molecule has 2 aliphatic heterocycles. The molecule has 0 spiro atoms. The quantitative estimate of drug-likeness (QED) is 0.00898. The van der Waals surface area contributed by atoms with Crippen LogP contribution in [0.15, 0.2) is 48.6 Å². The first-order valence-electron chi connectivity index (χ1n) is 59.4. The molecule has 2 saturated heterocycles. The van der Waals surface area contributed by atoms with Gasteiger partial charge in [0.15, 0.2) is 0 Å². The topological polar surface area (TPSA) is 365 Å². The van der Waals surface area contributed by atoms with Crippen LogP contribution in [0, 0.1) is 0 Å². The van der Waals surface area contributed by atoms with Crippen LogP contribution < -0.4 is 0 Å².